The van der Waals surface area contributed by atoms with Crippen molar-refractivity contribution in [2.75, 3.05) is 6.54 Å². The molecule has 2 bridgehead atoms. The van der Waals surface area contributed by atoms with Crippen molar-refractivity contribution in [3.05, 3.63) is 53.4 Å². The highest BCUT2D eigenvalue weighted by Crippen LogP contribution is 2.55. The summed E-state index contributed by atoms with van der Waals surface area (Å²) < 4.78 is 19.2. The van der Waals surface area contributed by atoms with Gasteiger partial charge in [-0.1, -0.05) is 24.6 Å². The van der Waals surface area contributed by atoms with Crippen molar-refractivity contribution in [1.29, 1.82) is 0 Å². The van der Waals surface area contributed by atoms with Gasteiger partial charge in [-0.3, -0.25) is 4.90 Å². The minimum Gasteiger partial charge on any atom is -0.449 e. The van der Waals surface area contributed by atoms with E-state index in [2.05, 4.69) is 11.0 Å². The molecule has 0 amide bonds. The number of carbonyl (C=O) groups excluding carboxylic acids is 1. The Morgan fingerprint density at radius 1 is 1.22 bits per heavy atom. The van der Waals surface area contributed by atoms with Gasteiger partial charge in [0.1, 0.15) is 5.82 Å². The van der Waals surface area contributed by atoms with Crippen LogP contribution in [0.4, 0.5) is 4.39 Å². The summed E-state index contributed by atoms with van der Waals surface area (Å²) in [7, 11) is 0. The second-order valence-electron chi connectivity index (χ2n) is 6.98. The Hall–Kier alpha value is -1.94. The molecule has 23 heavy (non-hydrogen) atoms. The van der Waals surface area contributed by atoms with Crippen LogP contribution >= 0.6 is 0 Å². The van der Waals surface area contributed by atoms with Gasteiger partial charge in [-0.05, 0) is 42.7 Å². The summed E-state index contributed by atoms with van der Waals surface area (Å²) in [5.74, 6) is -0.478. The zero-order chi connectivity index (χ0) is 15.6. The number of fused-ring (bicyclic) bond motifs is 3. The smallest absolute Gasteiger partial charge is 0.332 e. The summed E-state index contributed by atoms with van der Waals surface area (Å²) in [5, 5.41) is 0. The highest BCUT2D eigenvalue weighted by Gasteiger charge is 2.61. The highest BCUT2D eigenvalue weighted by atomic mass is 19.1. The fraction of sp³-hybridized carbons (Fsp3) is 0.421. The van der Waals surface area contributed by atoms with Crippen LogP contribution in [0.1, 0.15) is 31.2 Å². The number of ether oxygens (including phenoxy) is 1. The molecule has 0 aromatic heterocycles. The van der Waals surface area contributed by atoms with E-state index in [1.54, 1.807) is 18.2 Å². The van der Waals surface area contributed by atoms with Crippen molar-refractivity contribution < 1.29 is 13.9 Å². The number of rotatable bonds is 1. The van der Waals surface area contributed by atoms with Crippen LogP contribution < -0.4 is 0 Å². The summed E-state index contributed by atoms with van der Waals surface area (Å²) in [6.45, 7) is 1.06. The number of carbonyl (C=O) groups is 1. The Morgan fingerprint density at radius 3 is 2.87 bits per heavy atom. The van der Waals surface area contributed by atoms with Crippen LogP contribution in [0.2, 0.25) is 0 Å². The van der Waals surface area contributed by atoms with E-state index in [0.717, 1.165) is 36.1 Å². The molecule has 0 radical (unpaired) electrons. The van der Waals surface area contributed by atoms with Crippen LogP contribution in [-0.2, 0) is 9.53 Å². The maximum atomic E-state index is 13.3. The Kier molecular flexibility index (Phi) is 2.66. The quantitative estimate of drug-likeness (QED) is 0.747. The van der Waals surface area contributed by atoms with Crippen LogP contribution in [0, 0.1) is 5.82 Å². The molecule has 118 valence electrons. The summed E-state index contributed by atoms with van der Waals surface area (Å²) in [6, 6.07) is 7.14. The molecule has 1 aromatic carbocycles. The van der Waals surface area contributed by atoms with E-state index < -0.39 is 5.60 Å². The van der Waals surface area contributed by atoms with Crippen molar-refractivity contribution in [2.24, 2.45) is 0 Å². The van der Waals surface area contributed by atoms with E-state index in [-0.39, 0.29) is 17.8 Å². The van der Waals surface area contributed by atoms with Gasteiger partial charge in [0, 0.05) is 24.1 Å². The predicted octanol–water partition coefficient (Wildman–Crippen LogP) is 3.07. The summed E-state index contributed by atoms with van der Waals surface area (Å²) >= 11 is 0. The zero-order valence-electron chi connectivity index (χ0n) is 12.8. The molecule has 4 aliphatic rings. The SMILES string of the molecule is O=C1C=C2C(c3ccc(F)cc3)=C[C@@H]3C[C@@]2(O1)[C@H]1CCCCN31. The Labute approximate surface area is 134 Å². The van der Waals surface area contributed by atoms with Gasteiger partial charge >= 0.3 is 5.97 Å². The molecule has 1 aliphatic carbocycles. The van der Waals surface area contributed by atoms with Crippen molar-refractivity contribution >= 4 is 11.5 Å². The highest BCUT2D eigenvalue weighted by molar-refractivity contribution is 5.97. The van der Waals surface area contributed by atoms with Crippen molar-refractivity contribution in [3.63, 3.8) is 0 Å². The van der Waals surface area contributed by atoms with Gasteiger partial charge in [-0.25, -0.2) is 9.18 Å². The lowest BCUT2D eigenvalue weighted by molar-refractivity contribution is -0.148. The molecular weight excluding hydrogens is 293 g/mol. The summed E-state index contributed by atoms with van der Waals surface area (Å²) in [6.07, 6.45) is 8.24. The first-order valence-corrected chi connectivity index (χ1v) is 8.36. The van der Waals surface area contributed by atoms with Gasteiger partial charge in [-0.2, -0.15) is 0 Å². The first-order chi connectivity index (χ1) is 11.2. The second-order valence-corrected chi connectivity index (χ2v) is 6.98. The summed E-state index contributed by atoms with van der Waals surface area (Å²) in [5.41, 5.74) is 2.52. The van der Waals surface area contributed by atoms with Crippen LogP contribution in [0.3, 0.4) is 0 Å². The number of halogens is 1. The third kappa shape index (κ3) is 1.75. The third-order valence-corrected chi connectivity index (χ3v) is 5.83. The average Bonchev–Trinajstić information content (AvgIpc) is 3.04. The molecule has 1 aromatic rings. The minimum atomic E-state index is -0.485. The normalized spacial score (nSPS) is 35.3. The molecule has 0 unspecified atom stereocenters. The topological polar surface area (TPSA) is 29.5 Å². The number of piperidine rings is 1. The Bertz CT molecular complexity index is 751. The number of hydrogen-bond acceptors (Lipinski definition) is 3. The standard InChI is InChI=1S/C19H18FNO2/c20-13-6-4-12(5-7-13)15-9-14-11-19(16(15)10-18(22)23-19)17-3-1-2-8-21(14)17/h4-7,9-10,14,17H,1-3,8,11H2/t14-,17-,19+/m1/s1. The molecule has 3 nitrogen and oxygen atoms in total. The summed E-state index contributed by atoms with van der Waals surface area (Å²) in [4.78, 5) is 14.6. The van der Waals surface area contributed by atoms with Gasteiger partial charge in [-0.15, -0.1) is 0 Å². The van der Waals surface area contributed by atoms with Gasteiger partial charge in [0.25, 0.3) is 0 Å². The van der Waals surface area contributed by atoms with E-state index in [0.29, 0.717) is 6.04 Å². The zero-order valence-corrected chi connectivity index (χ0v) is 12.8. The van der Waals surface area contributed by atoms with E-state index in [1.807, 2.05) is 0 Å². The van der Waals surface area contributed by atoms with E-state index in [1.165, 1.54) is 25.0 Å². The Balaban J connectivity index is 1.67. The largest absolute Gasteiger partial charge is 0.449 e. The Morgan fingerprint density at radius 2 is 2.04 bits per heavy atom. The molecule has 0 saturated carbocycles. The fourth-order valence-electron chi connectivity index (χ4n) is 4.94. The average molecular weight is 311 g/mol. The predicted molar refractivity (Wildman–Crippen MR) is 84.0 cm³/mol. The minimum absolute atomic E-state index is 0.235. The molecular formula is C19H18FNO2. The monoisotopic (exact) mass is 311 g/mol. The maximum absolute atomic E-state index is 13.3. The first kappa shape index (κ1) is 13.5. The number of hydrogen-bond donors (Lipinski definition) is 0. The lowest BCUT2D eigenvalue weighted by Crippen LogP contribution is -2.48. The van der Waals surface area contributed by atoms with Gasteiger partial charge in [0.2, 0.25) is 0 Å². The molecule has 4 heteroatoms. The fourth-order valence-corrected chi connectivity index (χ4v) is 4.94. The molecule has 2 saturated heterocycles. The number of nitrogens with zero attached hydrogens (tertiary/aromatic N) is 1. The number of esters is 1. The van der Waals surface area contributed by atoms with Crippen LogP contribution in [0.15, 0.2) is 42.0 Å². The van der Waals surface area contributed by atoms with Crippen molar-refractivity contribution in [3.8, 4) is 0 Å². The molecule has 1 spiro atoms. The molecule has 3 heterocycles. The van der Waals surface area contributed by atoms with Gasteiger partial charge in [0.05, 0.1) is 6.04 Å². The molecule has 5 rings (SSSR count). The van der Waals surface area contributed by atoms with E-state index in [4.69, 9.17) is 4.74 Å². The molecule has 0 N–H and O–H groups in total. The lowest BCUT2D eigenvalue weighted by Gasteiger charge is -2.38. The maximum Gasteiger partial charge on any atom is 0.332 e. The number of benzene rings is 1. The molecule has 3 aliphatic heterocycles. The van der Waals surface area contributed by atoms with Crippen molar-refractivity contribution in [1.82, 2.24) is 4.90 Å². The molecule has 2 fully saturated rings. The van der Waals surface area contributed by atoms with Crippen molar-refractivity contribution in [2.45, 2.75) is 43.4 Å². The van der Waals surface area contributed by atoms with E-state index in [9.17, 15) is 9.18 Å². The van der Waals surface area contributed by atoms with Crippen LogP contribution in [0.5, 0.6) is 0 Å². The van der Waals surface area contributed by atoms with Crippen LogP contribution in [0.25, 0.3) is 5.57 Å². The first-order valence-electron chi connectivity index (χ1n) is 8.36. The lowest BCUT2D eigenvalue weighted by atomic mass is 9.75. The third-order valence-electron chi connectivity index (χ3n) is 5.83. The van der Waals surface area contributed by atoms with E-state index >= 15 is 0 Å². The second kappa shape index (κ2) is 4.54. The molecule has 3 atom stereocenters. The van der Waals surface area contributed by atoms with Gasteiger partial charge in [0.15, 0.2) is 5.60 Å². The van der Waals surface area contributed by atoms with Gasteiger partial charge < -0.3 is 4.74 Å². The van der Waals surface area contributed by atoms with Crippen LogP contribution in [-0.4, -0.2) is 35.1 Å².